The predicted molar refractivity (Wildman–Crippen MR) is 76.9 cm³/mol. The second-order valence-corrected chi connectivity index (χ2v) is 4.98. The Kier molecular flexibility index (Phi) is 5.03. The van der Waals surface area contributed by atoms with E-state index in [1.807, 2.05) is 6.92 Å². The van der Waals surface area contributed by atoms with Crippen LogP contribution < -0.4 is 9.47 Å². The summed E-state index contributed by atoms with van der Waals surface area (Å²) < 4.78 is 16.0. The van der Waals surface area contributed by atoms with E-state index in [2.05, 4.69) is 0 Å². The number of benzene rings is 1. The van der Waals surface area contributed by atoms with Gasteiger partial charge < -0.3 is 24.2 Å². The zero-order valence-electron chi connectivity index (χ0n) is 12.5. The molecule has 0 aromatic heterocycles. The molecular weight excluding hydrogens is 274 g/mol. The Morgan fingerprint density at radius 2 is 2.00 bits per heavy atom. The summed E-state index contributed by atoms with van der Waals surface area (Å²) in [6.07, 6.45) is -0.356. The first-order chi connectivity index (χ1) is 10.1. The fraction of sp³-hybridized carbons (Fsp3) is 0.533. The normalized spacial score (nSPS) is 22.0. The van der Waals surface area contributed by atoms with Gasteiger partial charge in [-0.1, -0.05) is 6.07 Å². The van der Waals surface area contributed by atoms with Gasteiger partial charge in [0.1, 0.15) is 17.1 Å². The monoisotopic (exact) mass is 295 g/mol. The summed E-state index contributed by atoms with van der Waals surface area (Å²) in [4.78, 5) is 14.5. The molecule has 1 N–H and O–H groups in total. The van der Waals surface area contributed by atoms with Crippen molar-refractivity contribution < 1.29 is 24.1 Å². The van der Waals surface area contributed by atoms with Crippen LogP contribution in [0.5, 0.6) is 11.5 Å². The highest BCUT2D eigenvalue weighted by Gasteiger charge is 2.32. The summed E-state index contributed by atoms with van der Waals surface area (Å²) in [5.74, 6) is 0.760. The number of carbonyl (C=O) groups excluding carboxylic acids is 1. The van der Waals surface area contributed by atoms with Gasteiger partial charge in [-0.15, -0.1) is 0 Å². The molecule has 2 rings (SSSR count). The molecule has 1 heterocycles. The Morgan fingerprint density at radius 3 is 2.52 bits per heavy atom. The molecule has 1 fully saturated rings. The number of aliphatic hydroxyl groups is 1. The highest BCUT2D eigenvalue weighted by atomic mass is 16.5. The lowest BCUT2D eigenvalue weighted by Crippen LogP contribution is -2.52. The van der Waals surface area contributed by atoms with Crippen molar-refractivity contribution in [2.24, 2.45) is 0 Å². The summed E-state index contributed by atoms with van der Waals surface area (Å²) in [6, 6.07) is 5.15. The first-order valence-corrected chi connectivity index (χ1v) is 6.86. The molecule has 1 saturated heterocycles. The highest BCUT2D eigenvalue weighted by Crippen LogP contribution is 2.30. The topological polar surface area (TPSA) is 68.2 Å². The zero-order valence-corrected chi connectivity index (χ0v) is 12.5. The third-order valence-electron chi connectivity index (χ3n) is 3.61. The second-order valence-electron chi connectivity index (χ2n) is 4.98. The van der Waals surface area contributed by atoms with Crippen molar-refractivity contribution in [3.8, 4) is 11.5 Å². The number of amides is 1. The minimum Gasteiger partial charge on any atom is -0.496 e. The third kappa shape index (κ3) is 3.11. The number of ether oxygens (including phenoxy) is 3. The van der Waals surface area contributed by atoms with Crippen LogP contribution in [0.25, 0.3) is 0 Å². The summed E-state index contributed by atoms with van der Waals surface area (Å²) in [7, 11) is 3.04. The number of hydrogen-bond donors (Lipinski definition) is 1. The van der Waals surface area contributed by atoms with Crippen molar-refractivity contribution in [1.29, 1.82) is 0 Å². The molecule has 2 unspecified atom stereocenters. The van der Waals surface area contributed by atoms with Crippen molar-refractivity contribution in [2.45, 2.75) is 19.1 Å². The molecule has 1 aliphatic rings. The van der Waals surface area contributed by atoms with Crippen LogP contribution in [0.1, 0.15) is 17.3 Å². The molecule has 6 heteroatoms. The lowest BCUT2D eigenvalue weighted by Gasteiger charge is -2.37. The molecule has 1 aromatic carbocycles. The molecule has 6 nitrogen and oxygen atoms in total. The maximum absolute atomic E-state index is 12.9. The van der Waals surface area contributed by atoms with Gasteiger partial charge >= 0.3 is 0 Å². The second kappa shape index (κ2) is 6.78. The van der Waals surface area contributed by atoms with Crippen molar-refractivity contribution in [3.63, 3.8) is 0 Å². The predicted octanol–water partition coefficient (Wildman–Crippen LogP) is 0.926. The fourth-order valence-electron chi connectivity index (χ4n) is 2.42. The van der Waals surface area contributed by atoms with E-state index >= 15 is 0 Å². The molecule has 0 bridgehead atoms. The number of hydrogen-bond acceptors (Lipinski definition) is 5. The Morgan fingerprint density at radius 1 is 1.38 bits per heavy atom. The van der Waals surface area contributed by atoms with Crippen LogP contribution in [0.15, 0.2) is 18.2 Å². The minimum absolute atomic E-state index is 0.0741. The van der Waals surface area contributed by atoms with Gasteiger partial charge in [0.15, 0.2) is 0 Å². The van der Waals surface area contributed by atoms with Gasteiger partial charge in [-0.05, 0) is 19.1 Å². The molecule has 0 aliphatic carbocycles. The quantitative estimate of drug-likeness (QED) is 0.895. The Bertz CT molecular complexity index is 483. The van der Waals surface area contributed by atoms with E-state index in [0.717, 1.165) is 0 Å². The van der Waals surface area contributed by atoms with Gasteiger partial charge in [-0.25, -0.2) is 0 Å². The summed E-state index contributed by atoms with van der Waals surface area (Å²) in [5.41, 5.74) is 0.396. The molecule has 21 heavy (non-hydrogen) atoms. The van der Waals surface area contributed by atoms with Crippen LogP contribution in [0.3, 0.4) is 0 Å². The maximum atomic E-state index is 12.9. The Balaban J connectivity index is 2.34. The van der Waals surface area contributed by atoms with Crippen LogP contribution in [-0.2, 0) is 4.74 Å². The fourth-order valence-corrected chi connectivity index (χ4v) is 2.42. The SMILES string of the molecule is COc1cccc(OC)c1C(=O)N1CC(CO)OCC1C. The number of aliphatic hydroxyl groups excluding tert-OH is 1. The molecule has 1 aliphatic heterocycles. The van der Waals surface area contributed by atoms with Gasteiger partial charge in [0.2, 0.25) is 0 Å². The third-order valence-corrected chi connectivity index (χ3v) is 3.61. The molecule has 116 valence electrons. The summed E-state index contributed by atoms with van der Waals surface area (Å²) in [6.45, 7) is 2.54. The van der Waals surface area contributed by atoms with E-state index in [1.165, 1.54) is 14.2 Å². The average molecular weight is 295 g/mol. The Hall–Kier alpha value is -1.79. The largest absolute Gasteiger partial charge is 0.496 e. The van der Waals surface area contributed by atoms with Crippen LogP contribution in [0.2, 0.25) is 0 Å². The molecular formula is C15H21NO5. The molecule has 2 atom stereocenters. The van der Waals surface area contributed by atoms with E-state index in [-0.39, 0.29) is 24.7 Å². The van der Waals surface area contributed by atoms with Crippen molar-refractivity contribution in [1.82, 2.24) is 4.90 Å². The minimum atomic E-state index is -0.356. The number of rotatable bonds is 4. The van der Waals surface area contributed by atoms with Crippen LogP contribution in [0, 0.1) is 0 Å². The van der Waals surface area contributed by atoms with Gasteiger partial charge in [0.25, 0.3) is 5.91 Å². The highest BCUT2D eigenvalue weighted by molar-refractivity contribution is 6.00. The molecule has 0 radical (unpaired) electrons. The molecule has 0 saturated carbocycles. The van der Waals surface area contributed by atoms with E-state index in [1.54, 1.807) is 23.1 Å². The van der Waals surface area contributed by atoms with Gasteiger partial charge in [-0.3, -0.25) is 4.79 Å². The van der Waals surface area contributed by atoms with E-state index in [9.17, 15) is 9.90 Å². The van der Waals surface area contributed by atoms with Crippen molar-refractivity contribution in [2.75, 3.05) is 34.0 Å². The van der Waals surface area contributed by atoms with Gasteiger partial charge in [-0.2, -0.15) is 0 Å². The van der Waals surface area contributed by atoms with Crippen LogP contribution >= 0.6 is 0 Å². The summed E-state index contributed by atoms with van der Waals surface area (Å²) in [5, 5.41) is 9.24. The summed E-state index contributed by atoms with van der Waals surface area (Å²) >= 11 is 0. The average Bonchev–Trinajstić information content (AvgIpc) is 2.53. The molecule has 1 amide bonds. The van der Waals surface area contributed by atoms with Crippen molar-refractivity contribution >= 4 is 5.91 Å². The number of carbonyl (C=O) groups is 1. The first-order valence-electron chi connectivity index (χ1n) is 6.86. The van der Waals surface area contributed by atoms with Crippen LogP contribution in [0.4, 0.5) is 0 Å². The van der Waals surface area contributed by atoms with Gasteiger partial charge in [0, 0.05) is 6.54 Å². The molecule has 1 aromatic rings. The van der Waals surface area contributed by atoms with E-state index in [0.29, 0.717) is 30.2 Å². The number of methoxy groups -OCH3 is 2. The van der Waals surface area contributed by atoms with E-state index in [4.69, 9.17) is 14.2 Å². The lowest BCUT2D eigenvalue weighted by atomic mass is 10.1. The molecule has 0 spiro atoms. The zero-order chi connectivity index (χ0) is 15.4. The van der Waals surface area contributed by atoms with E-state index < -0.39 is 0 Å². The Labute approximate surface area is 124 Å². The van der Waals surface area contributed by atoms with Crippen molar-refractivity contribution in [3.05, 3.63) is 23.8 Å². The first kappa shape index (κ1) is 15.6. The van der Waals surface area contributed by atoms with Gasteiger partial charge in [0.05, 0.1) is 39.6 Å². The van der Waals surface area contributed by atoms with Crippen LogP contribution in [-0.4, -0.2) is 62.0 Å². The standard InChI is InChI=1S/C15H21NO5/c1-10-9-21-11(8-17)7-16(10)15(18)14-12(19-2)5-4-6-13(14)20-3/h4-6,10-11,17H,7-9H2,1-3H3. The maximum Gasteiger partial charge on any atom is 0.261 e. The number of nitrogens with zero attached hydrogens (tertiary/aromatic N) is 1. The number of morpholine rings is 1. The smallest absolute Gasteiger partial charge is 0.261 e. The lowest BCUT2D eigenvalue weighted by molar-refractivity contribution is -0.0668.